The number of rotatable bonds is 3. The minimum absolute atomic E-state index is 0.189. The van der Waals surface area contributed by atoms with Crippen molar-refractivity contribution in [3.05, 3.63) is 5.89 Å². The molecule has 124 valence electrons. The fourth-order valence-electron chi connectivity index (χ4n) is 2.40. The minimum atomic E-state index is -0.982. The van der Waals surface area contributed by atoms with Crippen molar-refractivity contribution in [3.8, 4) is 0 Å². The zero-order chi connectivity index (χ0) is 16.5. The molecule has 22 heavy (non-hydrogen) atoms. The summed E-state index contributed by atoms with van der Waals surface area (Å²) in [6, 6.07) is 0.0765. The van der Waals surface area contributed by atoms with Crippen LogP contribution in [0.4, 0.5) is 15.2 Å². The molecule has 8 heteroatoms. The first-order valence-electron chi connectivity index (χ1n) is 7.30. The van der Waals surface area contributed by atoms with Crippen molar-refractivity contribution >= 4 is 12.1 Å². The molecule has 7 nitrogen and oxygen atoms in total. The van der Waals surface area contributed by atoms with Gasteiger partial charge in [-0.25, -0.2) is 9.18 Å². The second kappa shape index (κ2) is 6.10. The number of halogens is 1. The summed E-state index contributed by atoms with van der Waals surface area (Å²) in [5.74, 6) is 0.427. The highest BCUT2D eigenvalue weighted by Crippen LogP contribution is 2.27. The summed E-state index contributed by atoms with van der Waals surface area (Å²) in [6.07, 6.45) is -1.10. The first-order valence-corrected chi connectivity index (χ1v) is 7.30. The molecular weight excluding hydrogens is 291 g/mol. The van der Waals surface area contributed by atoms with Crippen LogP contribution in [0.3, 0.4) is 0 Å². The van der Waals surface area contributed by atoms with Crippen molar-refractivity contribution in [1.82, 2.24) is 15.1 Å². The molecule has 1 aliphatic rings. The quantitative estimate of drug-likeness (QED) is 0.851. The number of hydrogen-bond acceptors (Lipinski definition) is 6. The molecule has 2 atom stereocenters. The number of aryl methyl sites for hydroxylation is 1. The van der Waals surface area contributed by atoms with Gasteiger partial charge in [-0.3, -0.25) is 0 Å². The molecule has 0 aromatic carbocycles. The van der Waals surface area contributed by atoms with Gasteiger partial charge in [-0.2, -0.15) is 0 Å². The number of carbonyl (C=O) groups is 1. The van der Waals surface area contributed by atoms with Crippen molar-refractivity contribution in [2.24, 2.45) is 0 Å². The van der Waals surface area contributed by atoms with E-state index in [4.69, 9.17) is 9.15 Å². The van der Waals surface area contributed by atoms with Crippen LogP contribution in [-0.2, 0) is 4.74 Å². The van der Waals surface area contributed by atoms with Gasteiger partial charge in [0.25, 0.3) is 0 Å². The predicted octanol–water partition coefficient (Wildman–Crippen LogP) is 2.16. The lowest BCUT2D eigenvalue weighted by atomic mass is 10.2. The molecule has 2 rings (SSSR count). The summed E-state index contributed by atoms with van der Waals surface area (Å²) < 4.78 is 24.4. The monoisotopic (exact) mass is 314 g/mol. The number of carbonyl (C=O) groups excluding carboxylic acids is 1. The van der Waals surface area contributed by atoms with E-state index in [1.54, 1.807) is 39.6 Å². The van der Waals surface area contributed by atoms with Gasteiger partial charge >= 0.3 is 12.1 Å². The number of anilines is 1. The molecule has 2 heterocycles. The molecule has 1 aliphatic heterocycles. The van der Waals surface area contributed by atoms with Gasteiger partial charge in [0.1, 0.15) is 11.8 Å². The van der Waals surface area contributed by atoms with Crippen molar-refractivity contribution < 1.29 is 18.3 Å². The summed E-state index contributed by atoms with van der Waals surface area (Å²) in [4.78, 5) is 15.2. The Bertz CT molecular complexity index is 528. The van der Waals surface area contributed by atoms with Crippen molar-refractivity contribution in [2.45, 2.75) is 51.9 Å². The number of nitrogens with zero attached hydrogens (tertiary/aromatic N) is 4. The van der Waals surface area contributed by atoms with E-state index in [9.17, 15) is 9.18 Å². The minimum Gasteiger partial charge on any atom is -0.444 e. The molecule has 0 unspecified atom stereocenters. The topological polar surface area (TPSA) is 71.7 Å². The van der Waals surface area contributed by atoms with Gasteiger partial charge in [-0.1, -0.05) is 5.10 Å². The highest BCUT2D eigenvalue weighted by atomic mass is 19.1. The van der Waals surface area contributed by atoms with Crippen LogP contribution in [0.25, 0.3) is 0 Å². The van der Waals surface area contributed by atoms with E-state index in [1.807, 2.05) is 0 Å². The first-order chi connectivity index (χ1) is 10.2. The van der Waals surface area contributed by atoms with Gasteiger partial charge in [-0.15, -0.1) is 5.10 Å². The Hall–Kier alpha value is -1.86. The lowest BCUT2D eigenvalue weighted by Gasteiger charge is -2.29. The highest BCUT2D eigenvalue weighted by Gasteiger charge is 2.36. The summed E-state index contributed by atoms with van der Waals surface area (Å²) in [6.45, 7) is 7.62. The Morgan fingerprint density at radius 1 is 1.50 bits per heavy atom. The van der Waals surface area contributed by atoms with Crippen LogP contribution in [0.2, 0.25) is 0 Å². The van der Waals surface area contributed by atoms with Crippen molar-refractivity contribution in [2.75, 3.05) is 25.0 Å². The average Bonchev–Trinajstić information content (AvgIpc) is 2.93. The largest absolute Gasteiger partial charge is 0.444 e. The van der Waals surface area contributed by atoms with Gasteiger partial charge in [0.05, 0.1) is 12.6 Å². The summed E-state index contributed by atoms with van der Waals surface area (Å²) in [5, 5.41) is 7.70. The normalized spacial score (nSPS) is 22.0. The zero-order valence-electron chi connectivity index (χ0n) is 13.7. The SMILES string of the molecule is Cc1nnc(N2C[C@@H](F)C[C@H]2CN(C)C(=O)OC(C)(C)C)o1. The van der Waals surface area contributed by atoms with Crippen LogP contribution < -0.4 is 4.90 Å². The van der Waals surface area contributed by atoms with Crippen LogP contribution in [0, 0.1) is 6.92 Å². The standard InChI is InChI=1S/C14H23FN4O3/c1-9-16-17-12(21-9)19-7-10(15)6-11(19)8-18(5)13(20)22-14(2,3)4/h10-11H,6-8H2,1-5H3/t10-,11-/m0/s1. The number of hydrogen-bond donors (Lipinski definition) is 0. The van der Waals surface area contributed by atoms with E-state index in [-0.39, 0.29) is 12.6 Å². The van der Waals surface area contributed by atoms with Crippen molar-refractivity contribution in [3.63, 3.8) is 0 Å². The van der Waals surface area contributed by atoms with Crippen molar-refractivity contribution in [1.29, 1.82) is 0 Å². The second-order valence-corrected chi connectivity index (χ2v) is 6.60. The van der Waals surface area contributed by atoms with E-state index in [2.05, 4.69) is 10.2 Å². The number of amides is 1. The van der Waals surface area contributed by atoms with Crippen LogP contribution in [-0.4, -0.2) is 59.1 Å². The average molecular weight is 314 g/mol. The smallest absolute Gasteiger partial charge is 0.410 e. The summed E-state index contributed by atoms with van der Waals surface area (Å²) in [7, 11) is 1.64. The lowest BCUT2D eigenvalue weighted by Crippen LogP contribution is -2.43. The van der Waals surface area contributed by atoms with E-state index in [0.717, 1.165) is 0 Å². The maximum atomic E-state index is 13.8. The molecule has 1 saturated heterocycles. The van der Waals surface area contributed by atoms with E-state index < -0.39 is 17.9 Å². The van der Waals surface area contributed by atoms with Gasteiger partial charge in [-0.05, 0) is 20.8 Å². The maximum absolute atomic E-state index is 13.8. The summed E-state index contributed by atoms with van der Waals surface area (Å²) >= 11 is 0. The third-order valence-electron chi connectivity index (χ3n) is 3.31. The molecule has 1 fully saturated rings. The van der Waals surface area contributed by atoms with Gasteiger partial charge in [0.2, 0.25) is 5.89 Å². The summed E-state index contributed by atoms with van der Waals surface area (Å²) in [5.41, 5.74) is -0.563. The van der Waals surface area contributed by atoms with Crippen LogP contribution in [0.15, 0.2) is 4.42 Å². The Morgan fingerprint density at radius 2 is 2.18 bits per heavy atom. The maximum Gasteiger partial charge on any atom is 0.410 e. The Kier molecular flexibility index (Phi) is 4.58. The fraction of sp³-hybridized carbons (Fsp3) is 0.786. The molecule has 0 saturated carbocycles. The molecule has 1 aromatic heterocycles. The molecule has 0 radical (unpaired) electrons. The molecule has 1 amide bonds. The van der Waals surface area contributed by atoms with Crippen LogP contribution >= 0.6 is 0 Å². The van der Waals surface area contributed by atoms with E-state index >= 15 is 0 Å². The van der Waals surface area contributed by atoms with Crippen LogP contribution in [0.5, 0.6) is 0 Å². The zero-order valence-corrected chi connectivity index (χ0v) is 13.7. The van der Waals surface area contributed by atoms with E-state index in [0.29, 0.717) is 24.9 Å². The van der Waals surface area contributed by atoms with Gasteiger partial charge in [0.15, 0.2) is 0 Å². The van der Waals surface area contributed by atoms with Gasteiger partial charge < -0.3 is 19.0 Å². The first kappa shape index (κ1) is 16.5. The third-order valence-corrected chi connectivity index (χ3v) is 3.31. The van der Waals surface area contributed by atoms with E-state index in [1.165, 1.54) is 4.90 Å². The van der Waals surface area contributed by atoms with Gasteiger partial charge in [0, 0.05) is 26.9 Å². The fourth-order valence-corrected chi connectivity index (χ4v) is 2.40. The second-order valence-electron chi connectivity index (χ2n) is 6.60. The lowest BCUT2D eigenvalue weighted by molar-refractivity contribution is 0.0288. The molecule has 0 aliphatic carbocycles. The molecular formula is C14H23FN4O3. The Morgan fingerprint density at radius 3 is 2.73 bits per heavy atom. The third kappa shape index (κ3) is 4.08. The highest BCUT2D eigenvalue weighted by molar-refractivity contribution is 5.67. The van der Waals surface area contributed by atoms with Crippen LogP contribution in [0.1, 0.15) is 33.1 Å². The Labute approximate surface area is 129 Å². The molecule has 1 aromatic rings. The number of likely N-dealkylation sites (N-methyl/N-ethyl adjacent to an activating group) is 1. The number of alkyl halides is 1. The molecule has 0 bridgehead atoms. The number of aromatic nitrogens is 2. The molecule has 0 spiro atoms. The Balaban J connectivity index is 2.02. The number of ether oxygens (including phenoxy) is 1. The predicted molar refractivity (Wildman–Crippen MR) is 78.5 cm³/mol. The molecule has 0 N–H and O–H groups in total.